The lowest BCUT2D eigenvalue weighted by Gasteiger charge is -2.18. The van der Waals surface area contributed by atoms with Crippen LogP contribution < -0.4 is 4.74 Å². The van der Waals surface area contributed by atoms with Crippen molar-refractivity contribution in [1.29, 1.82) is 0 Å². The van der Waals surface area contributed by atoms with E-state index in [2.05, 4.69) is 36.0 Å². The standard InChI is InChI=1S/C33H48F2N2O2/c1-3-4-5-6-7-8-9-10-11-12-13-14-15-16-17-20-32(38)37-26-27(24-28-19-18-23-36(28)2)30-25-29(39-33(34)35)21-22-31(30)37/h7-8,10-11,21-22,25-26,28,33H,3-6,9,12-20,23-24H2,1-2H3/b8-7-,11-10-/t28-/m1/s1/i24D2. The molecule has 2 aromatic rings. The van der Waals surface area contributed by atoms with Crippen molar-refractivity contribution in [2.24, 2.45) is 0 Å². The van der Waals surface area contributed by atoms with Gasteiger partial charge in [0.25, 0.3) is 0 Å². The molecule has 3 rings (SSSR count). The van der Waals surface area contributed by atoms with Crippen molar-refractivity contribution in [3.8, 4) is 5.75 Å². The zero-order valence-electron chi connectivity index (χ0n) is 25.8. The highest BCUT2D eigenvalue weighted by Gasteiger charge is 2.24. The van der Waals surface area contributed by atoms with E-state index in [9.17, 15) is 13.6 Å². The number of hydrogen-bond donors (Lipinski definition) is 0. The lowest BCUT2D eigenvalue weighted by Crippen LogP contribution is -2.26. The SMILES string of the molecule is [2H]C([2H])(c1cn(C(=O)CCCCCCC/C=C\C/C=C\CCCCC)c2ccc(OC(F)F)cc12)[C@H]1CCCN1C. The maximum absolute atomic E-state index is 13.2. The molecule has 2 heterocycles. The number of carbonyl (C=O) groups is 1. The summed E-state index contributed by atoms with van der Waals surface area (Å²) in [6.07, 6.45) is 23.0. The summed E-state index contributed by atoms with van der Waals surface area (Å²) in [7, 11) is 1.90. The van der Waals surface area contributed by atoms with Crippen LogP contribution in [0.1, 0.15) is 110 Å². The maximum Gasteiger partial charge on any atom is 0.387 e. The highest BCUT2D eigenvalue weighted by Crippen LogP contribution is 2.30. The van der Waals surface area contributed by atoms with Crippen LogP contribution in [0.2, 0.25) is 0 Å². The first-order valence-corrected chi connectivity index (χ1v) is 14.9. The smallest absolute Gasteiger partial charge is 0.387 e. The van der Waals surface area contributed by atoms with Gasteiger partial charge in [-0.05, 0) is 95.1 Å². The Morgan fingerprint density at radius 2 is 1.79 bits per heavy atom. The molecule has 1 saturated heterocycles. The fourth-order valence-electron chi connectivity index (χ4n) is 5.19. The molecule has 0 bridgehead atoms. The minimum absolute atomic E-state index is 0.0387. The van der Waals surface area contributed by atoms with Crippen LogP contribution in [0.25, 0.3) is 10.9 Å². The first kappa shape index (κ1) is 28.1. The fourth-order valence-corrected chi connectivity index (χ4v) is 5.19. The number of allylic oxidation sites excluding steroid dienone is 4. The monoisotopic (exact) mass is 544 g/mol. The minimum Gasteiger partial charge on any atom is -0.435 e. The molecule has 1 aliphatic rings. The van der Waals surface area contributed by atoms with E-state index in [0.29, 0.717) is 29.3 Å². The molecule has 0 unspecified atom stereocenters. The number of rotatable bonds is 18. The Kier molecular flexibility index (Phi) is 12.4. The molecule has 1 aromatic carbocycles. The zero-order valence-corrected chi connectivity index (χ0v) is 23.8. The molecule has 0 radical (unpaired) electrons. The third-order valence-corrected chi connectivity index (χ3v) is 7.45. The Balaban J connectivity index is 1.52. The number of likely N-dealkylation sites (tertiary alicyclic amines) is 1. The van der Waals surface area contributed by atoms with Crippen LogP contribution >= 0.6 is 0 Å². The Morgan fingerprint density at radius 1 is 1.08 bits per heavy atom. The van der Waals surface area contributed by atoms with Crippen LogP contribution in [0.3, 0.4) is 0 Å². The van der Waals surface area contributed by atoms with Gasteiger partial charge >= 0.3 is 6.61 Å². The fraction of sp³-hybridized carbons (Fsp3) is 0.606. The second-order valence-corrected chi connectivity index (χ2v) is 10.6. The number of likely N-dealkylation sites (N-methyl/N-ethyl adjacent to an activating group) is 1. The van der Waals surface area contributed by atoms with Gasteiger partial charge in [0.15, 0.2) is 0 Å². The summed E-state index contributed by atoms with van der Waals surface area (Å²) >= 11 is 0. The summed E-state index contributed by atoms with van der Waals surface area (Å²) < 4.78 is 49.8. The van der Waals surface area contributed by atoms with Crippen LogP contribution in [0.5, 0.6) is 5.75 Å². The molecule has 0 saturated carbocycles. The van der Waals surface area contributed by atoms with Crippen LogP contribution in [-0.2, 0) is 6.37 Å². The van der Waals surface area contributed by atoms with Gasteiger partial charge in [-0.1, -0.05) is 63.3 Å². The molecule has 0 N–H and O–H groups in total. The van der Waals surface area contributed by atoms with Crippen LogP contribution in [0, 0.1) is 0 Å². The van der Waals surface area contributed by atoms with E-state index in [4.69, 9.17) is 2.74 Å². The van der Waals surface area contributed by atoms with E-state index in [1.165, 1.54) is 42.4 Å². The van der Waals surface area contributed by atoms with Crippen molar-refractivity contribution in [3.63, 3.8) is 0 Å². The maximum atomic E-state index is 13.2. The molecule has 1 aliphatic heterocycles. The first-order valence-electron chi connectivity index (χ1n) is 15.9. The van der Waals surface area contributed by atoms with Crippen molar-refractivity contribution >= 4 is 16.8 Å². The largest absolute Gasteiger partial charge is 0.435 e. The van der Waals surface area contributed by atoms with Crippen LogP contribution in [0.4, 0.5) is 8.78 Å². The molecular weight excluding hydrogens is 494 g/mol. The average molecular weight is 545 g/mol. The second-order valence-electron chi connectivity index (χ2n) is 10.6. The van der Waals surface area contributed by atoms with E-state index >= 15 is 0 Å². The van der Waals surface area contributed by atoms with Gasteiger partial charge in [0, 0.05) is 26.8 Å². The first-order chi connectivity index (χ1) is 19.8. The number of ether oxygens (including phenoxy) is 1. The van der Waals surface area contributed by atoms with Gasteiger partial charge < -0.3 is 9.64 Å². The molecule has 0 aliphatic carbocycles. The van der Waals surface area contributed by atoms with Gasteiger partial charge in [-0.2, -0.15) is 8.78 Å². The summed E-state index contributed by atoms with van der Waals surface area (Å²) in [6.45, 7) is 0.0471. The predicted octanol–water partition coefficient (Wildman–Crippen LogP) is 9.33. The Morgan fingerprint density at radius 3 is 2.49 bits per heavy atom. The summed E-state index contributed by atoms with van der Waals surface area (Å²) in [5, 5.41) is 0.446. The molecule has 0 amide bonds. The molecule has 39 heavy (non-hydrogen) atoms. The molecule has 0 spiro atoms. The van der Waals surface area contributed by atoms with E-state index in [0.717, 1.165) is 57.9 Å². The molecular formula is C33H48F2N2O2. The second kappa shape index (κ2) is 17.3. The summed E-state index contributed by atoms with van der Waals surface area (Å²) in [4.78, 5) is 15.2. The minimum atomic E-state index is -2.98. The van der Waals surface area contributed by atoms with Gasteiger partial charge in [-0.3, -0.25) is 9.36 Å². The van der Waals surface area contributed by atoms with E-state index < -0.39 is 13.0 Å². The van der Waals surface area contributed by atoms with Crippen molar-refractivity contribution in [2.75, 3.05) is 13.6 Å². The topological polar surface area (TPSA) is 34.5 Å². The Labute approximate surface area is 236 Å². The highest BCUT2D eigenvalue weighted by molar-refractivity contribution is 5.95. The molecule has 1 atom stereocenters. The molecule has 6 heteroatoms. The lowest BCUT2D eigenvalue weighted by atomic mass is 10.0. The summed E-state index contributed by atoms with van der Waals surface area (Å²) in [6, 6.07) is 4.08. The predicted molar refractivity (Wildman–Crippen MR) is 158 cm³/mol. The van der Waals surface area contributed by atoms with Gasteiger partial charge in [0.2, 0.25) is 5.91 Å². The van der Waals surface area contributed by atoms with Crippen LogP contribution in [-0.4, -0.2) is 41.6 Å². The molecule has 1 aromatic heterocycles. The normalized spacial score (nSPS) is 17.6. The zero-order chi connectivity index (χ0) is 29.7. The number of hydrogen-bond acceptors (Lipinski definition) is 3. The van der Waals surface area contributed by atoms with Crippen LogP contribution in [0.15, 0.2) is 48.7 Å². The van der Waals surface area contributed by atoms with Crippen molar-refractivity contribution < 1.29 is 21.1 Å². The van der Waals surface area contributed by atoms with Gasteiger partial charge in [0.05, 0.1) is 5.52 Å². The number of benzene rings is 1. The number of alkyl halides is 2. The van der Waals surface area contributed by atoms with Crippen molar-refractivity contribution in [2.45, 2.75) is 116 Å². The van der Waals surface area contributed by atoms with E-state index in [-0.39, 0.29) is 17.7 Å². The molecule has 216 valence electrons. The number of nitrogens with zero attached hydrogens (tertiary/aromatic N) is 2. The van der Waals surface area contributed by atoms with Crippen molar-refractivity contribution in [1.82, 2.24) is 9.47 Å². The average Bonchev–Trinajstić information content (AvgIpc) is 3.54. The number of fused-ring (bicyclic) bond motifs is 1. The Bertz CT molecular complexity index is 1150. The number of carbonyl (C=O) groups excluding carboxylic acids is 1. The van der Waals surface area contributed by atoms with E-state index in [1.807, 2.05) is 11.9 Å². The Hall–Kier alpha value is -2.47. The number of unbranched alkanes of at least 4 members (excludes halogenated alkanes) is 8. The van der Waals surface area contributed by atoms with Gasteiger partial charge in [-0.25, -0.2) is 0 Å². The van der Waals surface area contributed by atoms with E-state index in [1.54, 1.807) is 12.3 Å². The highest BCUT2D eigenvalue weighted by atomic mass is 19.3. The third kappa shape index (κ3) is 10.6. The third-order valence-electron chi connectivity index (χ3n) is 7.45. The molecule has 1 fully saturated rings. The molecule has 4 nitrogen and oxygen atoms in total. The number of halogens is 2. The quantitative estimate of drug-likeness (QED) is 0.138. The van der Waals surface area contributed by atoms with Gasteiger partial charge in [-0.15, -0.1) is 0 Å². The van der Waals surface area contributed by atoms with Gasteiger partial charge in [0.1, 0.15) is 5.75 Å². The number of aromatic nitrogens is 1. The summed E-state index contributed by atoms with van der Waals surface area (Å²) in [5.74, 6) is -0.145. The van der Waals surface area contributed by atoms with Crippen molar-refractivity contribution in [3.05, 3.63) is 54.3 Å². The summed E-state index contributed by atoms with van der Waals surface area (Å²) in [5.41, 5.74) is 0.873. The lowest BCUT2D eigenvalue weighted by molar-refractivity contribution is -0.0497.